The molecule has 0 amide bonds. The molecule has 188 valence electrons. The Kier molecular flexibility index (Phi) is 6.93. The summed E-state index contributed by atoms with van der Waals surface area (Å²) >= 11 is 0. The first kappa shape index (κ1) is 24.3. The molecule has 0 aliphatic carbocycles. The third-order valence-electron chi connectivity index (χ3n) is 6.68. The van der Waals surface area contributed by atoms with Gasteiger partial charge >= 0.3 is 0 Å². The van der Waals surface area contributed by atoms with Gasteiger partial charge < -0.3 is 15.1 Å². The van der Waals surface area contributed by atoms with Crippen molar-refractivity contribution in [1.29, 1.82) is 0 Å². The van der Waals surface area contributed by atoms with Crippen LogP contribution in [0.4, 0.5) is 26.2 Å². The van der Waals surface area contributed by atoms with E-state index >= 15 is 4.39 Å². The fourth-order valence-corrected chi connectivity index (χ4v) is 4.61. The number of allylic oxidation sites excluding steroid dienone is 1. The molecule has 0 unspecified atom stereocenters. The first-order chi connectivity index (χ1) is 17.4. The zero-order valence-corrected chi connectivity index (χ0v) is 20.9. The summed E-state index contributed by atoms with van der Waals surface area (Å²) in [6, 6.07) is 7.15. The molecule has 0 spiro atoms. The van der Waals surface area contributed by atoms with Crippen LogP contribution in [0, 0.1) is 11.6 Å². The highest BCUT2D eigenvalue weighted by atomic mass is 19.1. The molecule has 7 nitrogen and oxygen atoms in total. The number of pyridine rings is 1. The lowest BCUT2D eigenvalue weighted by atomic mass is 9.99. The summed E-state index contributed by atoms with van der Waals surface area (Å²) in [4.78, 5) is 19.6. The van der Waals surface area contributed by atoms with Crippen molar-refractivity contribution in [1.82, 2.24) is 24.8 Å². The van der Waals surface area contributed by atoms with Crippen LogP contribution in [0.15, 0.2) is 48.9 Å². The predicted molar refractivity (Wildman–Crippen MR) is 138 cm³/mol. The molecular formula is C27H31F2N7. The number of hydrogen-bond acceptors (Lipinski definition) is 7. The third-order valence-corrected chi connectivity index (χ3v) is 6.68. The first-order valence-corrected chi connectivity index (χ1v) is 12.3. The topological polar surface area (TPSA) is 60.4 Å². The Morgan fingerprint density at radius 3 is 2.53 bits per heavy atom. The number of hydrogen-bond donors (Lipinski definition) is 1. The quantitative estimate of drug-likeness (QED) is 0.541. The van der Waals surface area contributed by atoms with Crippen LogP contribution in [0.25, 0.3) is 11.3 Å². The largest absolute Gasteiger partial charge is 0.345 e. The minimum Gasteiger partial charge on any atom is -0.345 e. The second kappa shape index (κ2) is 10.3. The van der Waals surface area contributed by atoms with Crippen LogP contribution in [0.2, 0.25) is 0 Å². The van der Waals surface area contributed by atoms with Crippen molar-refractivity contribution in [3.05, 3.63) is 71.7 Å². The number of fused-ring (bicyclic) bond motifs is 1. The van der Waals surface area contributed by atoms with E-state index in [9.17, 15) is 4.39 Å². The van der Waals surface area contributed by atoms with Crippen LogP contribution < -0.4 is 10.2 Å². The molecule has 36 heavy (non-hydrogen) atoms. The van der Waals surface area contributed by atoms with Crippen molar-refractivity contribution in [3.8, 4) is 11.3 Å². The predicted octanol–water partition coefficient (Wildman–Crippen LogP) is 4.59. The van der Waals surface area contributed by atoms with E-state index in [1.165, 1.54) is 6.07 Å². The van der Waals surface area contributed by atoms with Gasteiger partial charge in [-0.2, -0.15) is 0 Å². The van der Waals surface area contributed by atoms with Crippen LogP contribution >= 0.6 is 0 Å². The summed E-state index contributed by atoms with van der Waals surface area (Å²) < 4.78 is 29.8. The summed E-state index contributed by atoms with van der Waals surface area (Å²) in [5.41, 5.74) is 2.86. The maximum atomic E-state index is 15.0. The molecule has 0 saturated carbocycles. The van der Waals surface area contributed by atoms with E-state index in [0.717, 1.165) is 50.2 Å². The molecule has 9 heteroatoms. The Bertz CT molecular complexity index is 1250. The SMILES string of the molecule is CC(C)N1C=CCc2c(F)cc(-c3nc(Nc4ccc(CN5CCN(C)CC5)cn4)ncc3F)cc21. The summed E-state index contributed by atoms with van der Waals surface area (Å²) in [5.74, 6) is -0.229. The zero-order valence-electron chi connectivity index (χ0n) is 20.9. The van der Waals surface area contributed by atoms with Crippen molar-refractivity contribution in [3.63, 3.8) is 0 Å². The minimum absolute atomic E-state index is 0.0409. The maximum Gasteiger partial charge on any atom is 0.229 e. The molecule has 3 aromatic rings. The maximum absolute atomic E-state index is 15.0. The van der Waals surface area contributed by atoms with Crippen LogP contribution in [-0.4, -0.2) is 64.0 Å². The zero-order chi connectivity index (χ0) is 25.2. The fraction of sp³-hybridized carbons (Fsp3) is 0.370. The second-order valence-corrected chi connectivity index (χ2v) is 9.69. The van der Waals surface area contributed by atoms with Crippen molar-refractivity contribution < 1.29 is 8.78 Å². The smallest absolute Gasteiger partial charge is 0.229 e. The number of piperazine rings is 1. The van der Waals surface area contributed by atoms with Gasteiger partial charge in [-0.15, -0.1) is 0 Å². The van der Waals surface area contributed by atoms with Crippen molar-refractivity contribution in [2.24, 2.45) is 0 Å². The molecule has 2 aromatic heterocycles. The van der Waals surface area contributed by atoms with Gasteiger partial charge in [0.15, 0.2) is 5.82 Å². The number of rotatable bonds is 6. The van der Waals surface area contributed by atoms with E-state index < -0.39 is 5.82 Å². The van der Waals surface area contributed by atoms with Crippen LogP contribution in [0.5, 0.6) is 0 Å². The third kappa shape index (κ3) is 5.22. The molecule has 1 aromatic carbocycles. The summed E-state index contributed by atoms with van der Waals surface area (Å²) in [6.07, 6.45) is 7.31. The molecule has 2 aliphatic heterocycles. The lowest BCUT2D eigenvalue weighted by molar-refractivity contribution is 0.148. The van der Waals surface area contributed by atoms with Gasteiger partial charge in [0.2, 0.25) is 5.95 Å². The Labute approximate surface area is 210 Å². The van der Waals surface area contributed by atoms with Gasteiger partial charge in [-0.3, -0.25) is 4.90 Å². The molecule has 0 atom stereocenters. The number of likely N-dealkylation sites (N-methyl/N-ethyl adjacent to an activating group) is 1. The van der Waals surface area contributed by atoms with E-state index in [4.69, 9.17) is 0 Å². The summed E-state index contributed by atoms with van der Waals surface area (Å²) in [6.45, 7) is 9.12. The highest BCUT2D eigenvalue weighted by Crippen LogP contribution is 2.35. The Hall–Kier alpha value is -3.43. The first-order valence-electron chi connectivity index (χ1n) is 12.3. The Morgan fingerprint density at radius 2 is 1.81 bits per heavy atom. The molecule has 0 bridgehead atoms. The minimum atomic E-state index is -0.613. The normalized spacial score (nSPS) is 16.4. The van der Waals surface area contributed by atoms with Crippen LogP contribution in [0.1, 0.15) is 25.0 Å². The molecule has 4 heterocycles. The highest BCUT2D eigenvalue weighted by molar-refractivity contribution is 5.72. The number of halogens is 2. The van der Waals surface area contributed by atoms with Gasteiger partial charge in [0, 0.05) is 68.0 Å². The van der Waals surface area contributed by atoms with Gasteiger partial charge in [-0.25, -0.2) is 23.7 Å². The molecule has 1 N–H and O–H groups in total. The molecule has 2 aliphatic rings. The van der Waals surface area contributed by atoms with Gasteiger partial charge in [0.1, 0.15) is 17.3 Å². The summed E-state index contributed by atoms with van der Waals surface area (Å²) in [7, 11) is 2.14. The van der Waals surface area contributed by atoms with Gasteiger partial charge in [0.25, 0.3) is 0 Å². The average Bonchev–Trinajstić information content (AvgIpc) is 2.87. The number of nitrogens with zero attached hydrogens (tertiary/aromatic N) is 6. The molecular weight excluding hydrogens is 460 g/mol. The standard InChI is InChI=1S/C27H31F2N7/c1-18(2)36-8-4-5-21-22(28)13-20(14-24(21)36)26-23(29)16-31-27(33-26)32-25-7-6-19(15-30-25)17-35-11-9-34(3)10-12-35/h4,6-8,13-16,18H,5,9-12,17H2,1-3H3,(H,30,31,32,33). The van der Waals surface area contributed by atoms with Crippen molar-refractivity contribution in [2.75, 3.05) is 43.4 Å². The highest BCUT2D eigenvalue weighted by Gasteiger charge is 2.22. The van der Waals surface area contributed by atoms with E-state index in [2.05, 4.69) is 37.1 Å². The van der Waals surface area contributed by atoms with E-state index in [1.807, 2.05) is 49.4 Å². The van der Waals surface area contributed by atoms with E-state index in [1.54, 1.807) is 6.07 Å². The number of anilines is 3. The van der Waals surface area contributed by atoms with E-state index in [0.29, 0.717) is 23.4 Å². The molecule has 5 rings (SSSR count). The fourth-order valence-electron chi connectivity index (χ4n) is 4.61. The number of nitrogens with one attached hydrogen (secondary N) is 1. The molecule has 0 radical (unpaired) electrons. The van der Waals surface area contributed by atoms with Crippen LogP contribution in [-0.2, 0) is 13.0 Å². The average molecular weight is 492 g/mol. The lowest BCUT2D eigenvalue weighted by Gasteiger charge is -2.32. The van der Waals surface area contributed by atoms with Gasteiger partial charge in [-0.1, -0.05) is 12.1 Å². The second-order valence-electron chi connectivity index (χ2n) is 9.69. The molecule has 1 fully saturated rings. The number of aromatic nitrogens is 3. The van der Waals surface area contributed by atoms with Crippen LogP contribution in [0.3, 0.4) is 0 Å². The monoisotopic (exact) mass is 491 g/mol. The Balaban J connectivity index is 1.35. The van der Waals surface area contributed by atoms with Crippen molar-refractivity contribution >= 4 is 17.5 Å². The van der Waals surface area contributed by atoms with E-state index in [-0.39, 0.29) is 23.5 Å². The summed E-state index contributed by atoms with van der Waals surface area (Å²) in [5, 5.41) is 3.05. The van der Waals surface area contributed by atoms with Gasteiger partial charge in [-0.05, 0) is 51.1 Å². The lowest BCUT2D eigenvalue weighted by Crippen LogP contribution is -2.43. The van der Waals surface area contributed by atoms with Gasteiger partial charge in [0.05, 0.1) is 6.20 Å². The van der Waals surface area contributed by atoms with Crippen molar-refractivity contribution in [2.45, 2.75) is 32.9 Å². The Morgan fingerprint density at radius 1 is 1.00 bits per heavy atom. The number of benzene rings is 1. The molecule has 1 saturated heterocycles.